The quantitative estimate of drug-likeness (QED) is 0.483. The summed E-state index contributed by atoms with van der Waals surface area (Å²) in [5.74, 6) is 2.36. The molecular weight excluding hydrogens is 376 g/mol. The molecule has 2 saturated carbocycles. The first-order chi connectivity index (χ1) is 14.8. The van der Waals surface area contributed by atoms with E-state index in [-0.39, 0.29) is 0 Å². The molecule has 3 atom stereocenters. The highest BCUT2D eigenvalue weighted by molar-refractivity contribution is 5.42. The molecular formula is C29H48N2. The fourth-order valence-corrected chi connectivity index (χ4v) is 7.42. The number of hydrogen-bond donors (Lipinski definition) is 2. The maximum atomic E-state index is 3.88. The van der Waals surface area contributed by atoms with E-state index >= 15 is 0 Å². The lowest BCUT2D eigenvalue weighted by atomic mass is 9.49. The second-order valence-electron chi connectivity index (χ2n) is 12.2. The number of aryl methyl sites for hydroxylation is 1. The Morgan fingerprint density at radius 1 is 1.00 bits per heavy atom. The Balaban J connectivity index is 1.35. The van der Waals surface area contributed by atoms with Crippen molar-refractivity contribution in [1.82, 2.24) is 10.6 Å². The molecule has 2 heteroatoms. The number of fused-ring (bicyclic) bond motifs is 3. The summed E-state index contributed by atoms with van der Waals surface area (Å²) in [5.41, 5.74) is 5.61. The maximum absolute atomic E-state index is 3.88. The summed E-state index contributed by atoms with van der Waals surface area (Å²) >= 11 is 0. The van der Waals surface area contributed by atoms with E-state index in [4.69, 9.17) is 0 Å². The average molecular weight is 425 g/mol. The molecule has 0 heterocycles. The molecule has 0 bridgehead atoms. The van der Waals surface area contributed by atoms with Crippen molar-refractivity contribution in [2.24, 2.45) is 17.3 Å². The third-order valence-corrected chi connectivity index (χ3v) is 9.45. The molecule has 0 radical (unpaired) electrons. The number of benzene rings is 1. The van der Waals surface area contributed by atoms with Crippen LogP contribution in [-0.2, 0) is 11.8 Å². The van der Waals surface area contributed by atoms with Gasteiger partial charge in [-0.3, -0.25) is 0 Å². The van der Waals surface area contributed by atoms with Gasteiger partial charge in [0.2, 0.25) is 0 Å². The van der Waals surface area contributed by atoms with Crippen molar-refractivity contribution in [3.8, 4) is 0 Å². The minimum absolute atomic E-state index is 0.356. The smallest absolute Gasteiger partial charge is 0.00793 e. The lowest BCUT2D eigenvalue weighted by molar-refractivity contribution is 0.0261. The van der Waals surface area contributed by atoms with Gasteiger partial charge in [-0.15, -0.1) is 0 Å². The Bertz CT molecular complexity index is 732. The summed E-state index contributed by atoms with van der Waals surface area (Å²) in [7, 11) is 0. The van der Waals surface area contributed by atoms with Gasteiger partial charge in [-0.1, -0.05) is 59.2 Å². The summed E-state index contributed by atoms with van der Waals surface area (Å²) < 4.78 is 0. The molecule has 174 valence electrons. The standard InChI is InChI=1S/C29H48N2/c1-21(2)23-9-13-26-24(19-23)10-14-27-28(4,15-6-16-29(26,27)5)20-30-17-18-31-25-11-7-22(3)8-12-25/h9,13,19,21-22,25,27,30-31H,6-8,10-12,14-18,20H2,1-5H3/t22?,25?,27-,28-,29+/m0/s1. The first-order valence-electron chi connectivity index (χ1n) is 13.4. The molecule has 0 aliphatic heterocycles. The van der Waals surface area contributed by atoms with E-state index in [1.807, 2.05) is 0 Å². The van der Waals surface area contributed by atoms with Gasteiger partial charge in [-0.25, -0.2) is 0 Å². The molecule has 2 fully saturated rings. The van der Waals surface area contributed by atoms with E-state index in [2.05, 4.69) is 63.5 Å². The SMILES string of the molecule is CC1CCC(NCCNC[C@]2(C)CCC[C@]3(C)c4ccc(C(C)C)cc4CC[C@@H]23)CC1. The van der Waals surface area contributed by atoms with E-state index < -0.39 is 0 Å². The molecule has 3 aliphatic rings. The topological polar surface area (TPSA) is 24.1 Å². The van der Waals surface area contributed by atoms with Gasteiger partial charge in [0, 0.05) is 25.7 Å². The molecule has 0 aromatic heterocycles. The Morgan fingerprint density at radius 2 is 1.77 bits per heavy atom. The number of nitrogens with one attached hydrogen (secondary N) is 2. The highest BCUT2D eigenvalue weighted by Gasteiger charge is 2.51. The van der Waals surface area contributed by atoms with Crippen molar-refractivity contribution in [2.45, 2.75) is 110 Å². The van der Waals surface area contributed by atoms with Crippen LogP contribution in [0.2, 0.25) is 0 Å². The zero-order valence-electron chi connectivity index (χ0n) is 21.0. The van der Waals surface area contributed by atoms with Gasteiger partial charge in [-0.2, -0.15) is 0 Å². The summed E-state index contributed by atoms with van der Waals surface area (Å²) in [6, 6.07) is 8.21. The Labute approximate surface area is 192 Å². The lowest BCUT2D eigenvalue weighted by Gasteiger charge is -2.55. The molecule has 4 rings (SSSR count). The van der Waals surface area contributed by atoms with Crippen molar-refractivity contribution in [1.29, 1.82) is 0 Å². The second-order valence-corrected chi connectivity index (χ2v) is 12.2. The molecule has 0 amide bonds. The highest BCUT2D eigenvalue weighted by Crippen LogP contribution is 2.57. The second kappa shape index (κ2) is 9.56. The summed E-state index contributed by atoms with van der Waals surface area (Å²) in [5, 5.41) is 7.70. The van der Waals surface area contributed by atoms with Crippen LogP contribution in [0.3, 0.4) is 0 Å². The van der Waals surface area contributed by atoms with Crippen LogP contribution >= 0.6 is 0 Å². The maximum Gasteiger partial charge on any atom is 0.00793 e. The fourth-order valence-electron chi connectivity index (χ4n) is 7.42. The summed E-state index contributed by atoms with van der Waals surface area (Å²) in [4.78, 5) is 0. The molecule has 0 unspecified atom stereocenters. The van der Waals surface area contributed by atoms with Crippen molar-refractivity contribution >= 4 is 0 Å². The van der Waals surface area contributed by atoms with Crippen molar-refractivity contribution in [3.63, 3.8) is 0 Å². The molecule has 31 heavy (non-hydrogen) atoms. The van der Waals surface area contributed by atoms with E-state index in [1.165, 1.54) is 69.9 Å². The molecule has 2 N–H and O–H groups in total. The monoisotopic (exact) mass is 424 g/mol. The van der Waals surface area contributed by atoms with Gasteiger partial charge < -0.3 is 10.6 Å². The molecule has 0 saturated heterocycles. The third-order valence-electron chi connectivity index (χ3n) is 9.45. The van der Waals surface area contributed by atoms with Gasteiger partial charge in [0.05, 0.1) is 0 Å². The number of hydrogen-bond acceptors (Lipinski definition) is 2. The predicted molar refractivity (Wildman–Crippen MR) is 134 cm³/mol. The van der Waals surface area contributed by atoms with Crippen molar-refractivity contribution in [3.05, 3.63) is 34.9 Å². The first-order valence-corrected chi connectivity index (χ1v) is 13.4. The van der Waals surface area contributed by atoms with E-state index in [0.29, 0.717) is 16.7 Å². The normalized spacial score (nSPS) is 35.6. The Kier molecular flexibility index (Phi) is 7.18. The van der Waals surface area contributed by atoms with Gasteiger partial charge >= 0.3 is 0 Å². The van der Waals surface area contributed by atoms with Crippen molar-refractivity contribution < 1.29 is 0 Å². The van der Waals surface area contributed by atoms with Crippen LogP contribution in [0.4, 0.5) is 0 Å². The largest absolute Gasteiger partial charge is 0.315 e. The predicted octanol–water partition coefficient (Wildman–Crippen LogP) is 6.58. The van der Waals surface area contributed by atoms with Gasteiger partial charge in [-0.05, 0) is 96.6 Å². The fraction of sp³-hybridized carbons (Fsp3) is 0.793. The molecule has 3 aliphatic carbocycles. The third kappa shape index (κ3) is 4.91. The first kappa shape index (κ1) is 23.3. The number of rotatable bonds is 7. The minimum Gasteiger partial charge on any atom is -0.315 e. The van der Waals surface area contributed by atoms with Gasteiger partial charge in [0.25, 0.3) is 0 Å². The van der Waals surface area contributed by atoms with Gasteiger partial charge in [0.1, 0.15) is 0 Å². The molecule has 2 nitrogen and oxygen atoms in total. The van der Waals surface area contributed by atoms with Gasteiger partial charge in [0.15, 0.2) is 0 Å². The average Bonchev–Trinajstić information content (AvgIpc) is 2.74. The zero-order valence-corrected chi connectivity index (χ0v) is 21.0. The van der Waals surface area contributed by atoms with Crippen LogP contribution in [-0.4, -0.2) is 25.7 Å². The van der Waals surface area contributed by atoms with E-state index in [1.54, 1.807) is 11.1 Å². The van der Waals surface area contributed by atoms with Crippen molar-refractivity contribution in [2.75, 3.05) is 19.6 Å². The molecule has 1 aromatic carbocycles. The van der Waals surface area contributed by atoms with E-state index in [0.717, 1.165) is 31.0 Å². The minimum atomic E-state index is 0.356. The summed E-state index contributed by atoms with van der Waals surface area (Å²) in [6.45, 7) is 15.6. The van der Waals surface area contributed by atoms with Crippen LogP contribution < -0.4 is 10.6 Å². The van der Waals surface area contributed by atoms with Crippen LogP contribution in [0.25, 0.3) is 0 Å². The Hall–Kier alpha value is -0.860. The zero-order chi connectivity index (χ0) is 22.1. The Morgan fingerprint density at radius 3 is 2.52 bits per heavy atom. The van der Waals surface area contributed by atoms with Crippen LogP contribution in [0.1, 0.15) is 109 Å². The van der Waals surface area contributed by atoms with Crippen LogP contribution in [0.15, 0.2) is 18.2 Å². The molecule has 0 spiro atoms. The summed E-state index contributed by atoms with van der Waals surface area (Å²) in [6.07, 6.45) is 12.3. The van der Waals surface area contributed by atoms with Crippen LogP contribution in [0.5, 0.6) is 0 Å². The highest BCUT2D eigenvalue weighted by atomic mass is 15.0. The van der Waals surface area contributed by atoms with Crippen LogP contribution in [0, 0.1) is 17.3 Å². The lowest BCUT2D eigenvalue weighted by Crippen LogP contribution is -2.53. The molecule has 1 aromatic rings. The van der Waals surface area contributed by atoms with E-state index in [9.17, 15) is 0 Å².